The minimum Gasteiger partial charge on any atom is -0.392 e. The maximum Gasteiger partial charge on any atom is 0.226 e. The molecule has 338 valence electrons. The summed E-state index contributed by atoms with van der Waals surface area (Å²) >= 11 is 0. The summed E-state index contributed by atoms with van der Waals surface area (Å²) in [4.78, 5) is 48.7. The van der Waals surface area contributed by atoms with Gasteiger partial charge in [-0.15, -0.1) is 0 Å². The molecule has 4 aromatic carbocycles. The molecule has 66 heavy (non-hydrogen) atoms. The molecule has 3 N–H and O–H groups in total. The minimum absolute atomic E-state index is 0.0309. The van der Waals surface area contributed by atoms with E-state index in [1.165, 1.54) is 22.3 Å². The molecule has 0 spiro atoms. The number of ketones is 1. The zero-order valence-electron chi connectivity index (χ0n) is 37.7. The van der Waals surface area contributed by atoms with Crippen LogP contribution in [0.15, 0.2) is 134 Å². The number of nitrogens with one attached hydrogen (secondary N) is 2. The van der Waals surface area contributed by atoms with Gasteiger partial charge in [0.1, 0.15) is 5.78 Å². The molecule has 4 heterocycles. The molecule has 6 fully saturated rings. The van der Waals surface area contributed by atoms with E-state index in [9.17, 15) is 19.5 Å². The number of hydrogen-bond acceptors (Lipinski definition) is 6. The van der Waals surface area contributed by atoms with E-state index in [0.717, 1.165) is 99.6 Å². The molecule has 6 aliphatic carbocycles. The van der Waals surface area contributed by atoms with Crippen LogP contribution >= 0.6 is 0 Å². The van der Waals surface area contributed by atoms with E-state index >= 15 is 0 Å². The first kappa shape index (κ1) is 42.5. The van der Waals surface area contributed by atoms with Crippen molar-refractivity contribution in [1.82, 2.24) is 29.7 Å². The first-order chi connectivity index (χ1) is 32.2. The zero-order chi connectivity index (χ0) is 44.9. The molecule has 0 radical (unpaired) electrons. The summed E-state index contributed by atoms with van der Waals surface area (Å²) in [5, 5.41) is 17.9. The normalized spacial score (nSPS) is 27.7. The number of nitrogens with zero attached hydrogens (tertiary/aromatic N) is 4. The molecule has 3 unspecified atom stereocenters. The Kier molecular flexibility index (Phi) is 10.9. The number of aliphatic hydroxyl groups excluding tert-OH is 1. The lowest BCUT2D eigenvalue weighted by Gasteiger charge is -2.54. The van der Waals surface area contributed by atoms with Crippen molar-refractivity contribution in [1.29, 1.82) is 0 Å². The first-order valence-corrected chi connectivity index (χ1v) is 24.3. The maximum absolute atomic E-state index is 13.7. The van der Waals surface area contributed by atoms with Gasteiger partial charge in [0, 0.05) is 46.9 Å². The SMILES string of the molecule is O=C(CC1c2ccccc2-c2cncn21)C12CCC(C(=O)NCc3ccccc3)(CC1)CC2.O=C(NCc1ccccc1)C12CCC(C(O)CC3c4ccccc4-c4cncn43)(CC1)CC2. The number of amides is 2. The van der Waals surface area contributed by atoms with Gasteiger partial charge in [0.15, 0.2) is 0 Å². The largest absolute Gasteiger partial charge is 0.392 e. The van der Waals surface area contributed by atoms with Gasteiger partial charge >= 0.3 is 0 Å². The van der Waals surface area contributed by atoms with Gasteiger partial charge in [-0.05, 0) is 111 Å². The summed E-state index contributed by atoms with van der Waals surface area (Å²) in [5.74, 6) is 0.726. The van der Waals surface area contributed by atoms with Crippen molar-refractivity contribution < 1.29 is 19.5 Å². The van der Waals surface area contributed by atoms with Crippen LogP contribution in [0.25, 0.3) is 22.5 Å². The zero-order valence-corrected chi connectivity index (χ0v) is 37.7. The third-order valence-corrected chi connectivity index (χ3v) is 17.4. The highest BCUT2D eigenvalue weighted by Crippen LogP contribution is 2.61. The summed E-state index contributed by atoms with van der Waals surface area (Å²) in [5.41, 5.74) is 8.53. The van der Waals surface area contributed by atoms with E-state index in [2.05, 4.69) is 72.2 Å². The number of fused-ring (bicyclic) bond motifs is 12. The van der Waals surface area contributed by atoms with Crippen molar-refractivity contribution in [3.8, 4) is 22.5 Å². The van der Waals surface area contributed by atoms with Crippen LogP contribution in [0.3, 0.4) is 0 Å². The van der Waals surface area contributed by atoms with Gasteiger partial charge in [0.05, 0.1) is 54.6 Å². The van der Waals surface area contributed by atoms with Crippen LogP contribution in [-0.2, 0) is 27.5 Å². The van der Waals surface area contributed by atoms with Crippen molar-refractivity contribution in [2.75, 3.05) is 0 Å². The predicted octanol–water partition coefficient (Wildman–Crippen LogP) is 9.93. The van der Waals surface area contributed by atoms with E-state index in [0.29, 0.717) is 31.7 Å². The summed E-state index contributed by atoms with van der Waals surface area (Å²) in [6.07, 6.45) is 18.8. The summed E-state index contributed by atoms with van der Waals surface area (Å²) in [6, 6.07) is 37.2. The maximum atomic E-state index is 13.7. The predicted molar refractivity (Wildman–Crippen MR) is 254 cm³/mol. The molecule has 14 rings (SSSR count). The Morgan fingerprint density at radius 1 is 0.545 bits per heavy atom. The Labute approximate surface area is 387 Å². The summed E-state index contributed by atoms with van der Waals surface area (Å²) in [6.45, 7) is 1.16. The van der Waals surface area contributed by atoms with E-state index in [1.807, 2.05) is 91.8 Å². The van der Waals surface area contributed by atoms with Crippen LogP contribution in [-0.4, -0.2) is 47.9 Å². The third-order valence-electron chi connectivity index (χ3n) is 17.4. The Morgan fingerprint density at radius 3 is 1.45 bits per heavy atom. The number of benzene rings is 4. The number of carbonyl (C=O) groups excluding carboxylic acids is 3. The highest BCUT2D eigenvalue weighted by atomic mass is 16.3. The Balaban J connectivity index is 0.000000146. The molecule has 10 heteroatoms. The number of carbonyl (C=O) groups is 3. The van der Waals surface area contributed by atoms with Gasteiger partial charge in [-0.25, -0.2) is 9.97 Å². The van der Waals surface area contributed by atoms with Crippen LogP contribution < -0.4 is 10.6 Å². The van der Waals surface area contributed by atoms with Crippen LogP contribution in [0, 0.1) is 21.7 Å². The second-order valence-corrected chi connectivity index (χ2v) is 20.5. The molecular formula is C56H60N6O4. The van der Waals surface area contributed by atoms with Crippen LogP contribution in [0.4, 0.5) is 0 Å². The molecule has 2 aromatic heterocycles. The van der Waals surface area contributed by atoms with Crippen molar-refractivity contribution in [3.63, 3.8) is 0 Å². The Bertz CT molecular complexity index is 2710. The van der Waals surface area contributed by atoms with Crippen LogP contribution in [0.5, 0.6) is 0 Å². The average molecular weight is 881 g/mol. The molecule has 6 saturated carbocycles. The van der Waals surface area contributed by atoms with Gasteiger partial charge in [-0.3, -0.25) is 14.4 Å². The van der Waals surface area contributed by atoms with E-state index in [4.69, 9.17) is 0 Å². The fraction of sp³-hybridized carbons (Fsp3) is 0.411. The highest BCUT2D eigenvalue weighted by Gasteiger charge is 2.56. The monoisotopic (exact) mass is 880 g/mol. The average Bonchev–Trinajstić information content (AvgIpc) is 4.19. The minimum atomic E-state index is -0.380. The van der Waals surface area contributed by atoms with Crippen molar-refractivity contribution in [2.45, 2.75) is 121 Å². The number of rotatable bonds is 12. The van der Waals surface area contributed by atoms with Crippen LogP contribution in [0.2, 0.25) is 0 Å². The fourth-order valence-electron chi connectivity index (χ4n) is 13.1. The van der Waals surface area contributed by atoms with Crippen LogP contribution in [0.1, 0.15) is 124 Å². The van der Waals surface area contributed by atoms with Gasteiger partial charge in [0.25, 0.3) is 0 Å². The molecule has 10 nitrogen and oxygen atoms in total. The number of imidazole rings is 2. The molecule has 3 atom stereocenters. The van der Waals surface area contributed by atoms with E-state index in [1.54, 1.807) is 0 Å². The molecular weight excluding hydrogens is 821 g/mol. The molecule has 6 aromatic rings. The van der Waals surface area contributed by atoms with Crippen molar-refractivity contribution in [2.24, 2.45) is 21.7 Å². The third kappa shape index (κ3) is 7.32. The van der Waals surface area contributed by atoms with Gasteiger partial charge in [0.2, 0.25) is 11.8 Å². The number of aromatic nitrogens is 4. The van der Waals surface area contributed by atoms with E-state index in [-0.39, 0.29) is 51.7 Å². The van der Waals surface area contributed by atoms with Crippen molar-refractivity contribution in [3.05, 3.63) is 156 Å². The van der Waals surface area contributed by atoms with Crippen molar-refractivity contribution >= 4 is 17.6 Å². The Hall–Kier alpha value is -6.13. The number of hydrogen-bond donors (Lipinski definition) is 3. The van der Waals surface area contributed by atoms with Gasteiger partial charge in [-0.1, -0.05) is 109 Å². The molecule has 2 amide bonds. The quantitative estimate of drug-likeness (QED) is 0.112. The fourth-order valence-corrected chi connectivity index (χ4v) is 13.1. The topological polar surface area (TPSA) is 131 Å². The van der Waals surface area contributed by atoms with Gasteiger partial charge in [-0.2, -0.15) is 0 Å². The van der Waals surface area contributed by atoms with Gasteiger partial charge < -0.3 is 24.9 Å². The molecule has 4 bridgehead atoms. The number of aliphatic hydroxyl groups is 1. The molecule has 8 aliphatic rings. The lowest BCUT2D eigenvalue weighted by molar-refractivity contribution is -0.149. The Morgan fingerprint density at radius 2 is 0.955 bits per heavy atom. The lowest BCUT2D eigenvalue weighted by atomic mass is 9.51. The van der Waals surface area contributed by atoms with E-state index < -0.39 is 0 Å². The number of Topliss-reactive ketones (excluding diaryl/α,β-unsaturated/α-hetero) is 1. The summed E-state index contributed by atoms with van der Waals surface area (Å²) < 4.78 is 4.38. The summed E-state index contributed by atoms with van der Waals surface area (Å²) in [7, 11) is 0. The second kappa shape index (κ2) is 16.9. The lowest BCUT2D eigenvalue weighted by Crippen LogP contribution is -2.53. The molecule has 0 saturated heterocycles. The highest BCUT2D eigenvalue weighted by molar-refractivity contribution is 5.89. The smallest absolute Gasteiger partial charge is 0.226 e. The standard InChI is InChI=1S/C28H31N3O2.C28H29N3O2/c2*32-25(16-23-21-8-4-5-9-22(21)24-18-29-19-31(23)24)27-10-13-28(14-11-27,15-12-27)26(33)30-17-20-6-2-1-3-7-20/h1-9,18-19,23,25,32H,10-17H2,(H,30,33);1-9,18-19,23H,10-17H2,(H,30,33). The molecule has 2 aliphatic heterocycles. The first-order valence-electron chi connectivity index (χ1n) is 24.3. The second-order valence-electron chi connectivity index (χ2n) is 20.5.